The van der Waals surface area contributed by atoms with Gasteiger partial charge in [0, 0.05) is 19.5 Å². The number of nitrogens with zero attached hydrogens (tertiary/aromatic N) is 1. The van der Waals surface area contributed by atoms with Gasteiger partial charge in [0.2, 0.25) is 0 Å². The van der Waals surface area contributed by atoms with Crippen LogP contribution >= 0.6 is 0 Å². The number of aromatic amines is 1. The average molecular weight is 327 g/mol. The summed E-state index contributed by atoms with van der Waals surface area (Å²) in [5, 5.41) is 10.2. The molecule has 126 valence electrons. The van der Waals surface area contributed by atoms with Gasteiger partial charge in [-0.25, -0.2) is 13.6 Å². The Hall–Kier alpha value is -2.22. The summed E-state index contributed by atoms with van der Waals surface area (Å²) >= 11 is 0. The van der Waals surface area contributed by atoms with Gasteiger partial charge in [0.05, 0.1) is 17.0 Å². The van der Waals surface area contributed by atoms with Crippen molar-refractivity contribution in [2.75, 3.05) is 12.5 Å². The first kappa shape index (κ1) is 17.1. The Balaban J connectivity index is 2.87. The number of halogens is 2. The number of nitrogens with one attached hydrogen (secondary N) is 2. The summed E-state index contributed by atoms with van der Waals surface area (Å²) in [5.74, 6) is -3.22. The van der Waals surface area contributed by atoms with Gasteiger partial charge >= 0.3 is 5.69 Å². The SMILES string of the molecule is CCCC(O)c1cc2c(=O)n(NC)c(=O)[nH]c2cc1C(C)(F)F. The second-order valence-corrected chi connectivity index (χ2v) is 5.47. The predicted octanol–water partition coefficient (Wildman–Crippen LogP) is 1.81. The summed E-state index contributed by atoms with van der Waals surface area (Å²) in [4.78, 5) is 26.5. The molecule has 0 spiro atoms. The molecule has 8 heteroatoms. The summed E-state index contributed by atoms with van der Waals surface area (Å²) in [6.07, 6.45) is -0.224. The lowest BCUT2D eigenvalue weighted by molar-refractivity contribution is 0.0135. The number of aromatic nitrogens is 2. The van der Waals surface area contributed by atoms with Crippen molar-refractivity contribution in [2.24, 2.45) is 0 Å². The number of benzene rings is 1. The van der Waals surface area contributed by atoms with Gasteiger partial charge in [-0.3, -0.25) is 4.79 Å². The van der Waals surface area contributed by atoms with Gasteiger partial charge in [0.25, 0.3) is 11.5 Å². The molecule has 0 aliphatic heterocycles. The van der Waals surface area contributed by atoms with Crippen LogP contribution in [0.5, 0.6) is 0 Å². The Bertz CT molecular complexity index is 837. The summed E-state index contributed by atoms with van der Waals surface area (Å²) < 4.78 is 28.5. The second kappa shape index (κ2) is 6.11. The summed E-state index contributed by atoms with van der Waals surface area (Å²) in [6.45, 7) is 2.53. The van der Waals surface area contributed by atoms with E-state index in [0.717, 1.165) is 10.7 Å². The molecule has 0 saturated heterocycles. The molecule has 0 radical (unpaired) electrons. The van der Waals surface area contributed by atoms with E-state index in [-0.39, 0.29) is 22.9 Å². The largest absolute Gasteiger partial charge is 0.388 e. The molecule has 1 aromatic carbocycles. The normalized spacial score (nSPS) is 13.3. The Kier molecular flexibility index (Phi) is 4.56. The third-order valence-electron chi connectivity index (χ3n) is 3.69. The molecular formula is C15H19F2N3O3. The molecule has 1 atom stereocenters. The first-order chi connectivity index (χ1) is 10.7. The third kappa shape index (κ3) is 3.12. The van der Waals surface area contributed by atoms with E-state index >= 15 is 0 Å². The molecule has 23 heavy (non-hydrogen) atoms. The number of H-pyrrole nitrogens is 1. The van der Waals surface area contributed by atoms with Crippen molar-refractivity contribution in [1.29, 1.82) is 0 Å². The third-order valence-corrected chi connectivity index (χ3v) is 3.69. The average Bonchev–Trinajstić information content (AvgIpc) is 2.46. The summed E-state index contributed by atoms with van der Waals surface area (Å²) in [5.41, 5.74) is 0.616. The monoisotopic (exact) mass is 327 g/mol. The Labute approximate surface area is 130 Å². The van der Waals surface area contributed by atoms with Crippen molar-refractivity contribution in [2.45, 2.75) is 38.7 Å². The van der Waals surface area contributed by atoms with E-state index in [9.17, 15) is 23.5 Å². The highest BCUT2D eigenvalue weighted by molar-refractivity contribution is 5.79. The second-order valence-electron chi connectivity index (χ2n) is 5.47. The van der Waals surface area contributed by atoms with Gasteiger partial charge in [0.15, 0.2) is 0 Å². The zero-order valence-electron chi connectivity index (χ0n) is 13.1. The van der Waals surface area contributed by atoms with Crippen LogP contribution in [0.4, 0.5) is 8.78 Å². The molecular weight excluding hydrogens is 308 g/mol. The van der Waals surface area contributed by atoms with Crippen LogP contribution in [-0.2, 0) is 5.92 Å². The van der Waals surface area contributed by atoms with Crippen molar-refractivity contribution in [3.05, 3.63) is 44.1 Å². The molecule has 2 rings (SSSR count). The van der Waals surface area contributed by atoms with Gasteiger partial charge in [-0.1, -0.05) is 13.3 Å². The van der Waals surface area contributed by atoms with E-state index in [1.54, 1.807) is 0 Å². The number of fused-ring (bicyclic) bond motifs is 1. The number of alkyl halides is 2. The van der Waals surface area contributed by atoms with E-state index in [2.05, 4.69) is 10.4 Å². The van der Waals surface area contributed by atoms with Crippen molar-refractivity contribution >= 4 is 10.9 Å². The standard InChI is InChI=1S/C15H19F2N3O3/c1-4-5-12(21)8-6-9-11(7-10(8)15(2,16)17)19-14(23)20(18-3)13(9)22/h6-7,12,18,21H,4-5H2,1-3H3,(H,19,23). The highest BCUT2D eigenvalue weighted by Gasteiger charge is 2.31. The first-order valence-corrected chi connectivity index (χ1v) is 7.27. The molecule has 0 aliphatic rings. The van der Waals surface area contributed by atoms with Crippen molar-refractivity contribution in [3.8, 4) is 0 Å². The smallest absolute Gasteiger partial charge is 0.347 e. The molecule has 0 saturated carbocycles. The van der Waals surface area contributed by atoms with Crippen molar-refractivity contribution in [3.63, 3.8) is 0 Å². The zero-order chi connectivity index (χ0) is 17.4. The van der Waals surface area contributed by atoms with Crippen LogP contribution in [0.25, 0.3) is 10.9 Å². The highest BCUT2D eigenvalue weighted by Crippen LogP contribution is 2.35. The number of hydrogen-bond donors (Lipinski definition) is 3. The minimum Gasteiger partial charge on any atom is -0.388 e. The Morgan fingerprint density at radius 2 is 2.04 bits per heavy atom. The number of aliphatic hydroxyl groups is 1. The maximum atomic E-state index is 13.9. The van der Waals surface area contributed by atoms with E-state index < -0.39 is 28.8 Å². The lowest BCUT2D eigenvalue weighted by Crippen LogP contribution is -2.40. The molecule has 1 aromatic heterocycles. The number of aliphatic hydroxyl groups excluding tert-OH is 1. The van der Waals surface area contributed by atoms with Crippen LogP contribution in [0.15, 0.2) is 21.7 Å². The molecule has 6 nitrogen and oxygen atoms in total. The minimum atomic E-state index is -3.22. The van der Waals surface area contributed by atoms with Gasteiger partial charge in [-0.05, 0) is 24.1 Å². The first-order valence-electron chi connectivity index (χ1n) is 7.27. The lowest BCUT2D eigenvalue weighted by Gasteiger charge is -2.20. The van der Waals surface area contributed by atoms with Crippen LogP contribution in [0.1, 0.15) is 43.9 Å². The predicted molar refractivity (Wildman–Crippen MR) is 83.5 cm³/mol. The lowest BCUT2D eigenvalue weighted by atomic mass is 9.94. The van der Waals surface area contributed by atoms with Gasteiger partial charge in [-0.2, -0.15) is 4.68 Å². The van der Waals surface area contributed by atoms with Crippen LogP contribution in [0.3, 0.4) is 0 Å². The fourth-order valence-corrected chi connectivity index (χ4v) is 2.57. The molecule has 0 amide bonds. The quantitative estimate of drug-likeness (QED) is 0.781. The summed E-state index contributed by atoms with van der Waals surface area (Å²) in [6, 6.07) is 2.29. The fraction of sp³-hybridized carbons (Fsp3) is 0.467. The fourth-order valence-electron chi connectivity index (χ4n) is 2.57. The van der Waals surface area contributed by atoms with Crippen LogP contribution in [-0.4, -0.2) is 21.8 Å². The highest BCUT2D eigenvalue weighted by atomic mass is 19.3. The molecule has 0 aliphatic carbocycles. The molecule has 3 N–H and O–H groups in total. The van der Waals surface area contributed by atoms with Crippen LogP contribution in [0.2, 0.25) is 0 Å². The topological polar surface area (TPSA) is 87.1 Å². The van der Waals surface area contributed by atoms with Crippen molar-refractivity contribution in [1.82, 2.24) is 9.66 Å². The molecule has 1 heterocycles. The van der Waals surface area contributed by atoms with E-state index in [4.69, 9.17) is 0 Å². The van der Waals surface area contributed by atoms with Gasteiger partial charge in [-0.15, -0.1) is 0 Å². The Morgan fingerprint density at radius 1 is 1.39 bits per heavy atom. The maximum Gasteiger partial charge on any atom is 0.347 e. The molecule has 1 unspecified atom stereocenters. The Morgan fingerprint density at radius 3 is 2.57 bits per heavy atom. The van der Waals surface area contributed by atoms with Crippen LogP contribution in [0, 0.1) is 0 Å². The molecule has 0 fully saturated rings. The zero-order valence-corrected chi connectivity index (χ0v) is 13.1. The number of hydrogen-bond acceptors (Lipinski definition) is 4. The van der Waals surface area contributed by atoms with E-state index in [0.29, 0.717) is 13.3 Å². The number of rotatable bonds is 5. The summed E-state index contributed by atoms with van der Waals surface area (Å²) in [7, 11) is 1.39. The van der Waals surface area contributed by atoms with E-state index in [1.807, 2.05) is 6.92 Å². The maximum absolute atomic E-state index is 13.9. The van der Waals surface area contributed by atoms with Gasteiger partial charge in [0.1, 0.15) is 0 Å². The van der Waals surface area contributed by atoms with Gasteiger partial charge < -0.3 is 15.5 Å². The van der Waals surface area contributed by atoms with Crippen molar-refractivity contribution < 1.29 is 13.9 Å². The minimum absolute atomic E-state index is 0.00125. The van der Waals surface area contributed by atoms with E-state index in [1.165, 1.54) is 13.1 Å². The molecule has 0 bridgehead atoms. The van der Waals surface area contributed by atoms with Crippen LogP contribution < -0.4 is 16.7 Å². The molecule has 2 aromatic rings.